The molecule has 0 bridgehead atoms. The lowest BCUT2D eigenvalue weighted by Crippen LogP contribution is -2.27. The molecule has 8 heteroatoms. The number of pyridine rings is 1. The predicted molar refractivity (Wildman–Crippen MR) is 141 cm³/mol. The van der Waals surface area contributed by atoms with Crippen molar-refractivity contribution < 1.29 is 14.6 Å². The molecule has 5 rings (SSSR count). The zero-order valence-electron chi connectivity index (χ0n) is 20.7. The molecule has 0 radical (unpaired) electrons. The summed E-state index contributed by atoms with van der Waals surface area (Å²) in [6, 6.07) is 17.5. The van der Waals surface area contributed by atoms with Crippen LogP contribution < -0.4 is 20.6 Å². The molecular formula is C29H27N3O5. The number of aromatic hydroxyl groups is 1. The Morgan fingerprint density at radius 2 is 1.68 bits per heavy atom. The Kier molecular flexibility index (Phi) is 6.64. The van der Waals surface area contributed by atoms with Gasteiger partial charge in [0.05, 0.1) is 19.8 Å². The van der Waals surface area contributed by atoms with E-state index in [9.17, 15) is 14.7 Å². The smallest absolute Gasteiger partial charge is 0.265 e. The van der Waals surface area contributed by atoms with Crippen molar-refractivity contribution in [2.45, 2.75) is 25.7 Å². The summed E-state index contributed by atoms with van der Waals surface area (Å²) in [5, 5.41) is 10.9. The number of allylic oxidation sites excluding steroid dienone is 2. The maximum absolute atomic E-state index is 14.0. The van der Waals surface area contributed by atoms with Crippen molar-refractivity contribution in [3.8, 4) is 28.8 Å². The van der Waals surface area contributed by atoms with Gasteiger partial charge in [-0.25, -0.2) is 0 Å². The number of hydrogen-bond donors (Lipinski definition) is 1. The molecular weight excluding hydrogens is 470 g/mol. The van der Waals surface area contributed by atoms with Crippen LogP contribution in [0.25, 0.3) is 16.9 Å². The van der Waals surface area contributed by atoms with Crippen LogP contribution in [0.15, 0.2) is 82.5 Å². The zero-order valence-corrected chi connectivity index (χ0v) is 20.7. The quantitative estimate of drug-likeness (QED) is 0.410. The normalized spacial score (nSPS) is 12.9. The number of para-hydroxylation sites is 1. The van der Waals surface area contributed by atoms with Crippen molar-refractivity contribution in [1.29, 1.82) is 0 Å². The molecule has 1 N–H and O–H groups in total. The van der Waals surface area contributed by atoms with Crippen molar-refractivity contribution in [3.05, 3.63) is 111 Å². The SMILES string of the molecule is COc1cccc(OC)c1-n1c(C2=CCCC2)nc(O)c(Cc2ccc(-n3ccccc3=O)cc2)c1=O. The van der Waals surface area contributed by atoms with Gasteiger partial charge < -0.3 is 14.6 Å². The van der Waals surface area contributed by atoms with Gasteiger partial charge >= 0.3 is 0 Å². The highest BCUT2D eigenvalue weighted by atomic mass is 16.5. The average Bonchev–Trinajstić information content (AvgIpc) is 3.46. The number of nitrogens with zero attached hydrogens (tertiary/aromatic N) is 3. The van der Waals surface area contributed by atoms with Gasteiger partial charge in [-0.3, -0.25) is 18.7 Å². The summed E-state index contributed by atoms with van der Waals surface area (Å²) < 4.78 is 14.2. The molecule has 2 heterocycles. The van der Waals surface area contributed by atoms with Crippen molar-refractivity contribution in [1.82, 2.24) is 14.1 Å². The molecule has 2 aromatic heterocycles. The van der Waals surface area contributed by atoms with E-state index in [2.05, 4.69) is 4.98 Å². The highest BCUT2D eigenvalue weighted by Crippen LogP contribution is 2.36. The third-order valence-corrected chi connectivity index (χ3v) is 6.53. The van der Waals surface area contributed by atoms with Crippen LogP contribution in [0.2, 0.25) is 0 Å². The first-order chi connectivity index (χ1) is 18.0. The highest BCUT2D eigenvalue weighted by Gasteiger charge is 2.25. The van der Waals surface area contributed by atoms with Crippen LogP contribution in [0.3, 0.4) is 0 Å². The van der Waals surface area contributed by atoms with E-state index >= 15 is 0 Å². The fraction of sp³-hybridized carbons (Fsp3) is 0.207. The molecule has 4 aromatic rings. The highest BCUT2D eigenvalue weighted by molar-refractivity contribution is 5.68. The standard InChI is InChI=1S/C29H27N3O5/c1-36-23-10-7-11-24(37-2)26(23)32-27(20-8-3-4-9-20)30-28(34)22(29(32)35)18-19-13-15-21(16-14-19)31-17-6-5-12-25(31)33/h5-8,10-17,34H,3-4,9,18H2,1-2H3. The number of methoxy groups -OCH3 is 2. The van der Waals surface area contributed by atoms with Crippen LogP contribution in [-0.4, -0.2) is 33.4 Å². The topological polar surface area (TPSA) is 95.6 Å². The summed E-state index contributed by atoms with van der Waals surface area (Å²) in [5.41, 5.74) is 2.44. The van der Waals surface area contributed by atoms with E-state index in [-0.39, 0.29) is 23.4 Å². The van der Waals surface area contributed by atoms with E-state index in [1.807, 2.05) is 18.2 Å². The van der Waals surface area contributed by atoms with Gasteiger partial charge in [-0.15, -0.1) is 0 Å². The number of ether oxygens (including phenoxy) is 2. The molecule has 2 aromatic carbocycles. The molecule has 1 aliphatic rings. The van der Waals surface area contributed by atoms with E-state index < -0.39 is 5.56 Å². The molecule has 0 fully saturated rings. The minimum absolute atomic E-state index is 0.137. The van der Waals surface area contributed by atoms with Crippen LogP contribution in [0.1, 0.15) is 36.2 Å². The van der Waals surface area contributed by atoms with Gasteiger partial charge in [0.1, 0.15) is 23.0 Å². The molecule has 0 amide bonds. The van der Waals surface area contributed by atoms with Gasteiger partial charge in [-0.1, -0.05) is 30.3 Å². The lowest BCUT2D eigenvalue weighted by molar-refractivity contribution is 0.389. The second-order valence-corrected chi connectivity index (χ2v) is 8.76. The Morgan fingerprint density at radius 3 is 2.30 bits per heavy atom. The first-order valence-corrected chi connectivity index (χ1v) is 12.0. The summed E-state index contributed by atoms with van der Waals surface area (Å²) >= 11 is 0. The van der Waals surface area contributed by atoms with Gasteiger partial charge in [0, 0.05) is 24.4 Å². The average molecular weight is 498 g/mol. The molecule has 0 unspecified atom stereocenters. The lowest BCUT2D eigenvalue weighted by Gasteiger charge is -2.20. The molecule has 0 spiro atoms. The van der Waals surface area contributed by atoms with Crippen molar-refractivity contribution in [2.75, 3.05) is 14.2 Å². The molecule has 0 saturated heterocycles. The Morgan fingerprint density at radius 1 is 0.946 bits per heavy atom. The summed E-state index contributed by atoms with van der Waals surface area (Å²) in [6.07, 6.45) is 6.48. The predicted octanol–water partition coefficient (Wildman–Crippen LogP) is 4.26. The van der Waals surface area contributed by atoms with E-state index in [0.717, 1.165) is 30.4 Å². The Balaban J connectivity index is 1.64. The van der Waals surface area contributed by atoms with Crippen molar-refractivity contribution >= 4 is 5.57 Å². The molecule has 0 saturated carbocycles. The van der Waals surface area contributed by atoms with E-state index in [0.29, 0.717) is 28.7 Å². The van der Waals surface area contributed by atoms with Crippen LogP contribution in [-0.2, 0) is 6.42 Å². The summed E-state index contributed by atoms with van der Waals surface area (Å²) in [7, 11) is 3.07. The second-order valence-electron chi connectivity index (χ2n) is 8.76. The monoisotopic (exact) mass is 497 g/mol. The Hall–Kier alpha value is -4.59. The van der Waals surface area contributed by atoms with Crippen molar-refractivity contribution in [2.24, 2.45) is 0 Å². The molecule has 8 nitrogen and oxygen atoms in total. The maximum atomic E-state index is 14.0. The van der Waals surface area contributed by atoms with Crippen LogP contribution in [0.5, 0.6) is 17.4 Å². The summed E-state index contributed by atoms with van der Waals surface area (Å²) in [6.45, 7) is 0. The second kappa shape index (κ2) is 10.2. The molecule has 1 aliphatic carbocycles. The first-order valence-electron chi connectivity index (χ1n) is 12.0. The largest absolute Gasteiger partial charge is 0.494 e. The Bertz CT molecular complexity index is 1580. The van der Waals surface area contributed by atoms with Gasteiger partial charge in [0.2, 0.25) is 5.88 Å². The summed E-state index contributed by atoms with van der Waals surface area (Å²) in [5.74, 6) is 0.987. The molecule has 0 atom stereocenters. The van der Waals surface area contributed by atoms with Gasteiger partial charge in [0.15, 0.2) is 0 Å². The lowest BCUT2D eigenvalue weighted by atomic mass is 10.1. The number of aromatic nitrogens is 3. The van der Waals surface area contributed by atoms with E-state index in [1.54, 1.807) is 48.7 Å². The molecule has 0 aliphatic heterocycles. The number of rotatable bonds is 7. The van der Waals surface area contributed by atoms with Crippen LogP contribution >= 0.6 is 0 Å². The van der Waals surface area contributed by atoms with Crippen LogP contribution in [0.4, 0.5) is 0 Å². The number of hydrogen-bond acceptors (Lipinski definition) is 6. The van der Waals surface area contributed by atoms with Gasteiger partial charge in [-0.2, -0.15) is 4.98 Å². The Labute approximate surface area is 213 Å². The summed E-state index contributed by atoms with van der Waals surface area (Å²) in [4.78, 5) is 30.7. The molecule has 37 heavy (non-hydrogen) atoms. The van der Waals surface area contributed by atoms with Gasteiger partial charge in [-0.05, 0) is 60.7 Å². The van der Waals surface area contributed by atoms with E-state index in [1.165, 1.54) is 29.4 Å². The van der Waals surface area contributed by atoms with Crippen LogP contribution in [0, 0.1) is 0 Å². The third-order valence-electron chi connectivity index (χ3n) is 6.53. The van der Waals surface area contributed by atoms with E-state index in [4.69, 9.17) is 9.47 Å². The zero-order chi connectivity index (χ0) is 25.9. The fourth-order valence-corrected chi connectivity index (χ4v) is 4.67. The maximum Gasteiger partial charge on any atom is 0.265 e. The minimum atomic E-state index is -0.401. The number of benzene rings is 2. The molecule has 188 valence electrons. The van der Waals surface area contributed by atoms with Crippen molar-refractivity contribution in [3.63, 3.8) is 0 Å². The fourth-order valence-electron chi connectivity index (χ4n) is 4.67. The minimum Gasteiger partial charge on any atom is -0.494 e. The third kappa shape index (κ3) is 4.53. The first kappa shape index (κ1) is 24.1. The van der Waals surface area contributed by atoms with Gasteiger partial charge in [0.25, 0.3) is 11.1 Å².